The molecule has 0 radical (unpaired) electrons. The Morgan fingerprint density at radius 1 is 1.13 bits per heavy atom. The summed E-state index contributed by atoms with van der Waals surface area (Å²) in [4.78, 5) is 14.1. The molecule has 5 nitrogen and oxygen atoms in total. The van der Waals surface area contributed by atoms with E-state index in [0.717, 1.165) is 56.4 Å². The summed E-state index contributed by atoms with van der Waals surface area (Å²) in [7, 11) is 0. The van der Waals surface area contributed by atoms with Crippen LogP contribution < -0.4 is 0 Å². The van der Waals surface area contributed by atoms with Gasteiger partial charge in [-0.3, -0.25) is 4.90 Å². The molecular weight excluding hydrogens is 374 g/mol. The van der Waals surface area contributed by atoms with E-state index < -0.39 is 6.10 Å². The van der Waals surface area contributed by atoms with Gasteiger partial charge in [0.05, 0.1) is 17.5 Å². The van der Waals surface area contributed by atoms with Crippen LogP contribution in [0.4, 0.5) is 0 Å². The van der Waals surface area contributed by atoms with Gasteiger partial charge in [-0.1, -0.05) is 43.3 Å². The highest BCUT2D eigenvalue weighted by molar-refractivity contribution is 5.64. The standard InChI is InChI=1S/C25H27N3O2/c1-2-19-8-9-22-23(14-19)25(30-24(22)18-29)10-12-27(13-11-25)16-20-15-26-28(17-20)21-6-4-3-5-7-21/h3-9,14-15,17-18,24H,2,10-13,16H2,1H3. The predicted molar refractivity (Wildman–Crippen MR) is 115 cm³/mol. The first kappa shape index (κ1) is 19.2. The molecule has 30 heavy (non-hydrogen) atoms. The Labute approximate surface area is 177 Å². The molecule has 0 amide bonds. The number of aryl methyl sites for hydroxylation is 1. The summed E-state index contributed by atoms with van der Waals surface area (Å²) < 4.78 is 8.29. The number of nitrogens with zero attached hydrogens (tertiary/aromatic N) is 3. The lowest BCUT2D eigenvalue weighted by molar-refractivity contribution is -0.137. The van der Waals surface area contributed by atoms with E-state index in [9.17, 15) is 4.79 Å². The van der Waals surface area contributed by atoms with Gasteiger partial charge < -0.3 is 9.53 Å². The lowest BCUT2D eigenvalue weighted by atomic mass is 9.82. The van der Waals surface area contributed by atoms with Crippen molar-refractivity contribution in [2.75, 3.05) is 13.1 Å². The van der Waals surface area contributed by atoms with Crippen molar-refractivity contribution in [2.24, 2.45) is 0 Å². The minimum atomic E-state index is -0.429. The Kier molecular flexibility index (Phi) is 5.01. The maximum Gasteiger partial charge on any atom is 0.153 e. The topological polar surface area (TPSA) is 47.4 Å². The first-order valence-corrected chi connectivity index (χ1v) is 10.8. The number of rotatable bonds is 5. The quantitative estimate of drug-likeness (QED) is 0.602. The second-order valence-electron chi connectivity index (χ2n) is 8.35. The van der Waals surface area contributed by atoms with Crippen LogP contribution in [0.2, 0.25) is 0 Å². The number of ether oxygens (including phenoxy) is 1. The van der Waals surface area contributed by atoms with E-state index in [1.54, 1.807) is 0 Å². The van der Waals surface area contributed by atoms with Crippen LogP contribution in [0.5, 0.6) is 0 Å². The zero-order valence-corrected chi connectivity index (χ0v) is 17.3. The van der Waals surface area contributed by atoms with Crippen molar-refractivity contribution in [3.8, 4) is 5.69 Å². The molecule has 154 valence electrons. The molecule has 1 spiro atoms. The van der Waals surface area contributed by atoms with E-state index in [1.807, 2.05) is 29.1 Å². The molecule has 1 saturated heterocycles. The van der Waals surface area contributed by atoms with Crippen LogP contribution in [0.3, 0.4) is 0 Å². The van der Waals surface area contributed by atoms with E-state index in [-0.39, 0.29) is 5.60 Å². The summed E-state index contributed by atoms with van der Waals surface area (Å²) in [5.41, 5.74) is 5.55. The van der Waals surface area contributed by atoms with Gasteiger partial charge in [-0.25, -0.2) is 4.68 Å². The third kappa shape index (κ3) is 3.38. The number of likely N-dealkylation sites (tertiary alicyclic amines) is 1. The molecule has 2 aliphatic heterocycles. The fraction of sp³-hybridized carbons (Fsp3) is 0.360. The monoisotopic (exact) mass is 401 g/mol. The molecule has 5 rings (SSSR count). The van der Waals surface area contributed by atoms with Crippen molar-refractivity contribution in [3.63, 3.8) is 0 Å². The van der Waals surface area contributed by atoms with Crippen molar-refractivity contribution in [3.05, 3.63) is 83.2 Å². The molecular formula is C25H27N3O2. The van der Waals surface area contributed by atoms with E-state index in [2.05, 4.69) is 53.5 Å². The van der Waals surface area contributed by atoms with Crippen LogP contribution in [0.25, 0.3) is 5.69 Å². The van der Waals surface area contributed by atoms with Crippen LogP contribution >= 0.6 is 0 Å². The van der Waals surface area contributed by atoms with Gasteiger partial charge in [0.25, 0.3) is 0 Å². The number of hydrogen-bond donors (Lipinski definition) is 0. The Hall–Kier alpha value is -2.76. The van der Waals surface area contributed by atoms with Crippen LogP contribution in [0, 0.1) is 0 Å². The van der Waals surface area contributed by atoms with Gasteiger partial charge in [-0.05, 0) is 48.1 Å². The summed E-state index contributed by atoms with van der Waals surface area (Å²) in [6.07, 6.45) is 7.39. The molecule has 0 aliphatic carbocycles. The highest BCUT2D eigenvalue weighted by Gasteiger charge is 2.46. The fourth-order valence-corrected chi connectivity index (χ4v) is 4.82. The number of carbonyl (C=O) groups excluding carboxylic acids is 1. The number of aldehydes is 1. The second-order valence-corrected chi connectivity index (χ2v) is 8.35. The molecule has 5 heteroatoms. The van der Waals surface area contributed by atoms with Crippen molar-refractivity contribution in [1.29, 1.82) is 0 Å². The molecule has 0 saturated carbocycles. The summed E-state index contributed by atoms with van der Waals surface area (Å²) in [5.74, 6) is 0. The third-order valence-corrected chi connectivity index (χ3v) is 6.53. The van der Waals surface area contributed by atoms with Gasteiger partial charge in [0.2, 0.25) is 0 Å². The molecule has 1 unspecified atom stereocenters. The van der Waals surface area contributed by atoms with Crippen molar-refractivity contribution in [1.82, 2.24) is 14.7 Å². The van der Waals surface area contributed by atoms with E-state index >= 15 is 0 Å². The van der Waals surface area contributed by atoms with E-state index in [1.165, 1.54) is 16.7 Å². The van der Waals surface area contributed by atoms with Gasteiger partial charge in [-0.15, -0.1) is 0 Å². The molecule has 3 heterocycles. The molecule has 2 aromatic carbocycles. The second kappa shape index (κ2) is 7.82. The minimum absolute atomic E-state index is 0.323. The largest absolute Gasteiger partial charge is 0.355 e. The highest BCUT2D eigenvalue weighted by Crippen LogP contribution is 2.49. The molecule has 1 fully saturated rings. The number of benzene rings is 2. The molecule has 0 N–H and O–H groups in total. The first-order valence-electron chi connectivity index (χ1n) is 10.8. The lowest BCUT2D eigenvalue weighted by Gasteiger charge is -2.39. The third-order valence-electron chi connectivity index (χ3n) is 6.53. The maximum absolute atomic E-state index is 11.6. The number of fused-ring (bicyclic) bond motifs is 2. The minimum Gasteiger partial charge on any atom is -0.355 e. The Bertz CT molecular complexity index is 1040. The van der Waals surface area contributed by atoms with Gasteiger partial charge in [-0.2, -0.15) is 5.10 Å². The van der Waals surface area contributed by atoms with E-state index in [0.29, 0.717) is 0 Å². The maximum atomic E-state index is 11.6. The molecule has 1 atom stereocenters. The number of aromatic nitrogens is 2. The molecule has 2 aliphatic rings. The molecule has 0 bridgehead atoms. The van der Waals surface area contributed by atoms with Crippen LogP contribution in [0.15, 0.2) is 60.9 Å². The van der Waals surface area contributed by atoms with Crippen molar-refractivity contribution >= 4 is 6.29 Å². The highest BCUT2D eigenvalue weighted by atomic mass is 16.5. The summed E-state index contributed by atoms with van der Waals surface area (Å²) in [5, 5.41) is 4.52. The normalized spacial score (nSPS) is 20.4. The number of carbonyl (C=O) groups is 1. The van der Waals surface area contributed by atoms with Gasteiger partial charge in [0.1, 0.15) is 6.10 Å². The van der Waals surface area contributed by atoms with Gasteiger partial charge >= 0.3 is 0 Å². The summed E-state index contributed by atoms with van der Waals surface area (Å²) in [6.45, 7) is 4.93. The average molecular weight is 402 g/mol. The van der Waals surface area contributed by atoms with E-state index in [4.69, 9.17) is 4.74 Å². The number of para-hydroxylation sites is 1. The number of hydrogen-bond acceptors (Lipinski definition) is 4. The van der Waals surface area contributed by atoms with Crippen LogP contribution in [-0.2, 0) is 28.1 Å². The SMILES string of the molecule is CCc1ccc2c(c1)C1(CCN(Cc3cnn(-c4ccccc4)c3)CC1)OC2C=O. The van der Waals surface area contributed by atoms with Gasteiger partial charge in [0, 0.05) is 31.4 Å². The molecule has 1 aromatic heterocycles. The Balaban J connectivity index is 1.29. The van der Waals surface area contributed by atoms with Crippen molar-refractivity contribution in [2.45, 2.75) is 44.4 Å². The smallest absolute Gasteiger partial charge is 0.153 e. The average Bonchev–Trinajstić information content (AvgIpc) is 3.39. The van der Waals surface area contributed by atoms with Crippen LogP contribution in [-0.4, -0.2) is 34.1 Å². The zero-order chi connectivity index (χ0) is 20.6. The van der Waals surface area contributed by atoms with Crippen LogP contribution in [0.1, 0.15) is 48.1 Å². The Morgan fingerprint density at radius 2 is 1.93 bits per heavy atom. The van der Waals surface area contributed by atoms with Gasteiger partial charge in [0.15, 0.2) is 6.29 Å². The fourth-order valence-electron chi connectivity index (χ4n) is 4.82. The Morgan fingerprint density at radius 3 is 2.67 bits per heavy atom. The number of piperidine rings is 1. The summed E-state index contributed by atoms with van der Waals surface area (Å²) in [6, 6.07) is 16.7. The summed E-state index contributed by atoms with van der Waals surface area (Å²) >= 11 is 0. The first-order chi connectivity index (χ1) is 14.7. The van der Waals surface area contributed by atoms with Crippen molar-refractivity contribution < 1.29 is 9.53 Å². The molecule has 3 aromatic rings. The predicted octanol–water partition coefficient (Wildman–Crippen LogP) is 4.20. The zero-order valence-electron chi connectivity index (χ0n) is 17.3. The lowest BCUT2D eigenvalue weighted by Crippen LogP contribution is -2.42.